The molecule has 0 spiro atoms. The molecule has 0 amide bonds. The van der Waals surface area contributed by atoms with Gasteiger partial charge in [0, 0.05) is 6.54 Å². The number of nitrogens with zero attached hydrogens (tertiary/aromatic N) is 1. The van der Waals surface area contributed by atoms with Crippen molar-refractivity contribution in [1.82, 2.24) is 4.90 Å². The lowest BCUT2D eigenvalue weighted by Crippen LogP contribution is -2.35. The molecule has 6 heteroatoms. The molecular weight excluding hydrogens is 274 g/mol. The van der Waals surface area contributed by atoms with Crippen LogP contribution in [0.2, 0.25) is 0 Å². The van der Waals surface area contributed by atoms with Crippen molar-refractivity contribution in [2.24, 2.45) is 11.3 Å². The van der Waals surface area contributed by atoms with Gasteiger partial charge in [-0.05, 0) is 33.9 Å². The summed E-state index contributed by atoms with van der Waals surface area (Å²) in [6.45, 7) is 6.22. The number of aliphatic hydroxyl groups is 1. The summed E-state index contributed by atoms with van der Waals surface area (Å²) in [7, 11) is 3.82. The highest BCUT2D eigenvalue weighted by molar-refractivity contribution is 5.78. The Morgan fingerprint density at radius 2 is 1.86 bits per heavy atom. The summed E-state index contributed by atoms with van der Waals surface area (Å²) in [6.07, 6.45) is 0.958. The average molecular weight is 303 g/mol. The van der Waals surface area contributed by atoms with E-state index in [1.54, 1.807) is 13.8 Å². The molecule has 0 heterocycles. The fraction of sp³-hybridized carbons (Fsp3) is 0.867. The van der Waals surface area contributed by atoms with E-state index in [2.05, 4.69) is 0 Å². The zero-order valence-electron chi connectivity index (χ0n) is 13.8. The summed E-state index contributed by atoms with van der Waals surface area (Å²) in [5.41, 5.74) is -0.704. The lowest BCUT2D eigenvalue weighted by Gasteiger charge is -2.28. The summed E-state index contributed by atoms with van der Waals surface area (Å²) in [6, 6.07) is 0. The lowest BCUT2D eigenvalue weighted by atomic mass is 9.79. The summed E-state index contributed by atoms with van der Waals surface area (Å²) >= 11 is 0. The van der Waals surface area contributed by atoms with Gasteiger partial charge in [-0.1, -0.05) is 13.8 Å². The van der Waals surface area contributed by atoms with Crippen molar-refractivity contribution >= 4 is 11.9 Å². The van der Waals surface area contributed by atoms with Crippen LogP contribution in [-0.2, 0) is 19.1 Å². The standard InChI is InChI=1S/C15H29NO5/c1-6-15(3,14(19)21-9-7-16(4)5)11-12(2)13(18)20-10-8-17/h12,17H,6-11H2,1-5H3. The first kappa shape index (κ1) is 19.9. The topological polar surface area (TPSA) is 76.1 Å². The zero-order valence-corrected chi connectivity index (χ0v) is 13.8. The molecule has 2 atom stereocenters. The molecule has 0 aromatic heterocycles. The molecule has 0 saturated carbocycles. The van der Waals surface area contributed by atoms with Gasteiger partial charge in [-0.15, -0.1) is 0 Å². The second-order valence-corrected chi connectivity index (χ2v) is 5.85. The van der Waals surface area contributed by atoms with Crippen molar-refractivity contribution < 1.29 is 24.2 Å². The Bertz CT molecular complexity index is 332. The van der Waals surface area contributed by atoms with Crippen LogP contribution in [0, 0.1) is 11.3 Å². The number of likely N-dealkylation sites (N-methyl/N-ethyl adjacent to an activating group) is 1. The van der Waals surface area contributed by atoms with E-state index in [0.29, 0.717) is 26.0 Å². The van der Waals surface area contributed by atoms with E-state index in [4.69, 9.17) is 14.6 Å². The van der Waals surface area contributed by atoms with Gasteiger partial charge in [-0.2, -0.15) is 0 Å². The van der Waals surface area contributed by atoms with E-state index >= 15 is 0 Å². The van der Waals surface area contributed by atoms with Crippen LogP contribution in [0.5, 0.6) is 0 Å². The Hall–Kier alpha value is -1.14. The average Bonchev–Trinajstić information content (AvgIpc) is 2.43. The van der Waals surface area contributed by atoms with Crippen molar-refractivity contribution in [3.05, 3.63) is 0 Å². The van der Waals surface area contributed by atoms with Crippen molar-refractivity contribution in [2.45, 2.75) is 33.6 Å². The number of hydrogen-bond donors (Lipinski definition) is 1. The van der Waals surface area contributed by atoms with Crippen LogP contribution in [-0.4, -0.2) is 62.4 Å². The van der Waals surface area contributed by atoms with Gasteiger partial charge in [0.25, 0.3) is 0 Å². The third kappa shape index (κ3) is 7.43. The van der Waals surface area contributed by atoms with Gasteiger partial charge < -0.3 is 19.5 Å². The Kier molecular flexibility index (Phi) is 9.21. The second-order valence-electron chi connectivity index (χ2n) is 5.85. The highest BCUT2D eigenvalue weighted by atomic mass is 16.5. The van der Waals surface area contributed by atoms with E-state index < -0.39 is 17.3 Å². The number of aliphatic hydroxyl groups excluding tert-OH is 1. The number of carbonyl (C=O) groups excluding carboxylic acids is 2. The normalized spacial score (nSPS) is 15.4. The molecule has 0 aliphatic carbocycles. The van der Waals surface area contributed by atoms with Crippen LogP contribution in [0.3, 0.4) is 0 Å². The largest absolute Gasteiger partial charge is 0.464 e. The maximum absolute atomic E-state index is 12.2. The first-order chi connectivity index (χ1) is 9.76. The fourth-order valence-corrected chi connectivity index (χ4v) is 1.91. The second kappa shape index (κ2) is 9.73. The number of ether oxygens (including phenoxy) is 2. The van der Waals surface area contributed by atoms with E-state index in [9.17, 15) is 9.59 Å². The quantitative estimate of drug-likeness (QED) is 0.608. The molecule has 2 unspecified atom stereocenters. The van der Waals surface area contributed by atoms with Crippen LogP contribution in [0.25, 0.3) is 0 Å². The third-order valence-corrected chi connectivity index (χ3v) is 3.54. The molecule has 124 valence electrons. The summed E-state index contributed by atoms with van der Waals surface area (Å²) < 4.78 is 10.2. The monoisotopic (exact) mass is 303 g/mol. The Morgan fingerprint density at radius 3 is 2.33 bits per heavy atom. The molecule has 0 aliphatic rings. The predicted molar refractivity (Wildman–Crippen MR) is 79.7 cm³/mol. The number of carbonyl (C=O) groups is 2. The molecule has 0 aliphatic heterocycles. The molecule has 21 heavy (non-hydrogen) atoms. The predicted octanol–water partition coefficient (Wildman–Crippen LogP) is 1.07. The van der Waals surface area contributed by atoms with Crippen LogP contribution in [0.4, 0.5) is 0 Å². The van der Waals surface area contributed by atoms with Crippen LogP contribution >= 0.6 is 0 Å². The highest BCUT2D eigenvalue weighted by Gasteiger charge is 2.36. The van der Waals surface area contributed by atoms with Gasteiger partial charge in [-0.25, -0.2) is 0 Å². The molecule has 0 radical (unpaired) electrons. The van der Waals surface area contributed by atoms with Gasteiger partial charge in [-0.3, -0.25) is 9.59 Å². The molecule has 1 N–H and O–H groups in total. The minimum Gasteiger partial charge on any atom is -0.464 e. The van der Waals surface area contributed by atoms with Gasteiger partial charge in [0.05, 0.1) is 17.9 Å². The molecule has 0 fully saturated rings. The number of hydrogen-bond acceptors (Lipinski definition) is 6. The third-order valence-electron chi connectivity index (χ3n) is 3.54. The number of esters is 2. The zero-order chi connectivity index (χ0) is 16.5. The van der Waals surface area contributed by atoms with Crippen molar-refractivity contribution in [2.75, 3.05) is 40.5 Å². The summed E-state index contributed by atoms with van der Waals surface area (Å²) in [5.74, 6) is -1.10. The minimum absolute atomic E-state index is 0.0146. The van der Waals surface area contributed by atoms with E-state index in [1.807, 2.05) is 25.9 Å². The maximum atomic E-state index is 12.2. The van der Waals surface area contributed by atoms with Gasteiger partial charge >= 0.3 is 11.9 Å². The van der Waals surface area contributed by atoms with Crippen LogP contribution in [0.15, 0.2) is 0 Å². The van der Waals surface area contributed by atoms with Crippen molar-refractivity contribution in [1.29, 1.82) is 0 Å². The first-order valence-corrected chi connectivity index (χ1v) is 7.36. The van der Waals surface area contributed by atoms with Crippen LogP contribution in [0.1, 0.15) is 33.6 Å². The molecule has 0 rings (SSSR count). The molecule has 6 nitrogen and oxygen atoms in total. The Morgan fingerprint density at radius 1 is 1.24 bits per heavy atom. The van der Waals surface area contributed by atoms with Crippen molar-refractivity contribution in [3.8, 4) is 0 Å². The highest BCUT2D eigenvalue weighted by Crippen LogP contribution is 2.31. The van der Waals surface area contributed by atoms with Gasteiger partial charge in [0.1, 0.15) is 13.2 Å². The summed E-state index contributed by atoms with van der Waals surface area (Å²) in [5, 5.41) is 8.65. The lowest BCUT2D eigenvalue weighted by molar-refractivity contribution is -0.159. The van der Waals surface area contributed by atoms with Gasteiger partial charge in [0.2, 0.25) is 0 Å². The SMILES string of the molecule is CCC(C)(CC(C)C(=O)OCCO)C(=O)OCCN(C)C. The van der Waals surface area contributed by atoms with Crippen LogP contribution < -0.4 is 0 Å². The van der Waals surface area contributed by atoms with E-state index in [-0.39, 0.29) is 19.2 Å². The molecule has 0 aromatic carbocycles. The van der Waals surface area contributed by atoms with Crippen molar-refractivity contribution in [3.63, 3.8) is 0 Å². The van der Waals surface area contributed by atoms with E-state index in [0.717, 1.165) is 0 Å². The fourth-order valence-electron chi connectivity index (χ4n) is 1.91. The molecule has 0 bridgehead atoms. The minimum atomic E-state index is -0.704. The smallest absolute Gasteiger partial charge is 0.311 e. The molecular formula is C15H29NO5. The Labute approximate surface area is 127 Å². The first-order valence-electron chi connectivity index (χ1n) is 7.36. The Balaban J connectivity index is 4.49. The summed E-state index contributed by atoms with van der Waals surface area (Å²) in [4.78, 5) is 25.9. The number of rotatable bonds is 10. The molecule has 0 saturated heterocycles. The van der Waals surface area contributed by atoms with E-state index in [1.165, 1.54) is 0 Å². The molecule has 0 aromatic rings. The van der Waals surface area contributed by atoms with Gasteiger partial charge in [0.15, 0.2) is 0 Å². The maximum Gasteiger partial charge on any atom is 0.311 e.